The van der Waals surface area contributed by atoms with Crippen LogP contribution in [0.5, 0.6) is 5.75 Å². The summed E-state index contributed by atoms with van der Waals surface area (Å²) in [4.78, 5) is 10.8. The molecule has 2 unspecified atom stereocenters. The summed E-state index contributed by atoms with van der Waals surface area (Å²) in [5.74, 6) is 1.17. The maximum Gasteiger partial charge on any atom is 0.573 e. The highest BCUT2D eigenvalue weighted by Gasteiger charge is 2.31. The Labute approximate surface area is 168 Å². The van der Waals surface area contributed by atoms with E-state index in [4.69, 9.17) is 0 Å². The number of alkyl halides is 3. The Morgan fingerprint density at radius 2 is 2.07 bits per heavy atom. The highest BCUT2D eigenvalue weighted by Crippen LogP contribution is 2.27. The number of aromatic nitrogens is 2. The molecule has 1 N–H and O–H groups in total. The maximum atomic E-state index is 12.2. The summed E-state index contributed by atoms with van der Waals surface area (Å²) in [5, 5.41) is 3.36. The van der Waals surface area contributed by atoms with Crippen molar-refractivity contribution in [1.29, 1.82) is 0 Å². The first kappa shape index (κ1) is 21.0. The van der Waals surface area contributed by atoms with Crippen molar-refractivity contribution in [3.05, 3.63) is 48.5 Å². The molecule has 1 aliphatic rings. The molecule has 3 rings (SSSR count). The number of aliphatic imine (C=N–C) groups is 1. The molecule has 1 aromatic carbocycles. The Morgan fingerprint density at radius 3 is 2.69 bits per heavy atom. The van der Waals surface area contributed by atoms with Crippen LogP contribution in [0.4, 0.5) is 13.2 Å². The fourth-order valence-electron chi connectivity index (χ4n) is 3.60. The normalized spacial score (nSPS) is 20.6. The molecular weight excluding hydrogens is 383 g/mol. The molecule has 158 valence electrons. The van der Waals surface area contributed by atoms with Crippen LogP contribution in [0.1, 0.15) is 24.9 Å². The molecule has 0 aliphatic carbocycles. The minimum atomic E-state index is -4.67. The van der Waals surface area contributed by atoms with Gasteiger partial charge in [-0.3, -0.25) is 4.99 Å². The number of imidazole rings is 1. The smallest absolute Gasteiger partial charge is 0.406 e. The lowest BCUT2D eigenvalue weighted by molar-refractivity contribution is -0.274. The summed E-state index contributed by atoms with van der Waals surface area (Å²) in [7, 11) is 1.76. The molecule has 2 atom stereocenters. The van der Waals surface area contributed by atoms with Gasteiger partial charge in [0.2, 0.25) is 0 Å². The Morgan fingerprint density at radius 1 is 1.31 bits per heavy atom. The summed E-state index contributed by atoms with van der Waals surface area (Å²) in [5.41, 5.74) is 0.922. The Hall–Kier alpha value is -2.71. The molecular formula is C20H26F3N5O. The molecule has 2 heterocycles. The lowest BCUT2D eigenvalue weighted by Crippen LogP contribution is -2.49. The zero-order valence-corrected chi connectivity index (χ0v) is 16.6. The lowest BCUT2D eigenvalue weighted by Gasteiger charge is -2.39. The lowest BCUT2D eigenvalue weighted by atomic mass is 9.93. The van der Waals surface area contributed by atoms with E-state index in [2.05, 4.69) is 36.4 Å². The van der Waals surface area contributed by atoms with Crippen LogP contribution in [0.25, 0.3) is 0 Å². The van der Waals surface area contributed by atoms with E-state index < -0.39 is 6.36 Å². The minimum absolute atomic E-state index is 0.210. The van der Waals surface area contributed by atoms with Crippen molar-refractivity contribution in [2.24, 2.45) is 10.9 Å². The minimum Gasteiger partial charge on any atom is -0.406 e. The van der Waals surface area contributed by atoms with Crippen molar-refractivity contribution in [2.45, 2.75) is 32.2 Å². The van der Waals surface area contributed by atoms with Gasteiger partial charge in [0.25, 0.3) is 0 Å². The van der Waals surface area contributed by atoms with Gasteiger partial charge in [0.05, 0.1) is 12.4 Å². The molecule has 0 bridgehead atoms. The predicted octanol–water partition coefficient (Wildman–Crippen LogP) is 3.48. The number of halogens is 3. The second-order valence-electron chi connectivity index (χ2n) is 7.20. The topological polar surface area (TPSA) is 54.7 Å². The Balaban J connectivity index is 1.51. The number of likely N-dealkylation sites (tertiary alicyclic amines) is 1. The number of piperidine rings is 1. The summed E-state index contributed by atoms with van der Waals surface area (Å²) < 4.78 is 42.8. The van der Waals surface area contributed by atoms with Gasteiger partial charge in [0, 0.05) is 39.1 Å². The van der Waals surface area contributed by atoms with Crippen LogP contribution in [0, 0.1) is 5.92 Å². The van der Waals surface area contributed by atoms with Crippen molar-refractivity contribution in [3.63, 3.8) is 0 Å². The molecule has 29 heavy (non-hydrogen) atoms. The number of guanidine groups is 1. The van der Waals surface area contributed by atoms with Crippen LogP contribution >= 0.6 is 0 Å². The van der Waals surface area contributed by atoms with Crippen LogP contribution in [-0.2, 0) is 6.42 Å². The second-order valence-corrected chi connectivity index (χ2v) is 7.20. The fourth-order valence-corrected chi connectivity index (χ4v) is 3.60. The molecule has 0 saturated carbocycles. The van der Waals surface area contributed by atoms with E-state index in [1.165, 1.54) is 12.1 Å². The second kappa shape index (κ2) is 9.19. The van der Waals surface area contributed by atoms with E-state index in [0.717, 1.165) is 31.0 Å². The maximum absolute atomic E-state index is 12.2. The summed E-state index contributed by atoms with van der Waals surface area (Å²) >= 11 is 0. The van der Waals surface area contributed by atoms with Gasteiger partial charge in [-0.15, -0.1) is 13.2 Å². The number of rotatable bonds is 5. The summed E-state index contributed by atoms with van der Waals surface area (Å²) in [6.45, 7) is 4.66. The third-order valence-corrected chi connectivity index (χ3v) is 5.19. The molecule has 0 radical (unpaired) electrons. The van der Waals surface area contributed by atoms with E-state index in [9.17, 15) is 13.2 Å². The monoisotopic (exact) mass is 409 g/mol. The van der Waals surface area contributed by atoms with Crippen LogP contribution in [0.2, 0.25) is 0 Å². The third kappa shape index (κ3) is 5.88. The van der Waals surface area contributed by atoms with Gasteiger partial charge in [-0.1, -0.05) is 19.1 Å². The molecule has 1 saturated heterocycles. The fraction of sp³-hybridized carbons (Fsp3) is 0.500. The van der Waals surface area contributed by atoms with Gasteiger partial charge in [-0.05, 0) is 36.5 Å². The Kier molecular flexibility index (Phi) is 6.66. The van der Waals surface area contributed by atoms with Crippen LogP contribution in [0.3, 0.4) is 0 Å². The number of nitrogens with zero attached hydrogens (tertiary/aromatic N) is 4. The number of nitrogens with one attached hydrogen (secondary N) is 1. The van der Waals surface area contributed by atoms with Crippen molar-refractivity contribution in [1.82, 2.24) is 19.8 Å². The third-order valence-electron chi connectivity index (χ3n) is 5.19. The van der Waals surface area contributed by atoms with Crippen molar-refractivity contribution in [2.75, 3.05) is 26.7 Å². The van der Waals surface area contributed by atoms with Crippen molar-refractivity contribution < 1.29 is 17.9 Å². The number of hydrogen-bond donors (Lipinski definition) is 1. The first-order valence-corrected chi connectivity index (χ1v) is 9.63. The highest BCUT2D eigenvalue weighted by atomic mass is 19.4. The van der Waals surface area contributed by atoms with E-state index in [1.807, 2.05) is 12.5 Å². The highest BCUT2D eigenvalue weighted by molar-refractivity contribution is 5.80. The Bertz CT molecular complexity index is 789. The summed E-state index contributed by atoms with van der Waals surface area (Å²) in [6.07, 6.45) is 2.70. The number of hydrogen-bond acceptors (Lipinski definition) is 3. The zero-order chi connectivity index (χ0) is 20.9. The van der Waals surface area contributed by atoms with Crippen LogP contribution < -0.4 is 10.1 Å². The first-order chi connectivity index (χ1) is 13.9. The van der Waals surface area contributed by atoms with Crippen molar-refractivity contribution >= 4 is 5.96 Å². The first-order valence-electron chi connectivity index (χ1n) is 9.63. The predicted molar refractivity (Wildman–Crippen MR) is 105 cm³/mol. The summed E-state index contributed by atoms with van der Waals surface area (Å²) in [6, 6.07) is 6.29. The largest absolute Gasteiger partial charge is 0.573 e. The standard InChI is InChI=1S/C20H26F3N5O/c1-15-8-11-27(13-18(15)28-12-10-25-14-28)19(24-2)26-9-7-16-3-5-17(6-4-16)29-20(21,22)23/h3-6,10,12,14-15,18H,7-9,11,13H2,1-2H3,(H,24,26). The average molecular weight is 409 g/mol. The van der Waals surface area contributed by atoms with E-state index in [0.29, 0.717) is 24.9 Å². The molecule has 9 heteroatoms. The van der Waals surface area contributed by atoms with Gasteiger partial charge < -0.3 is 19.5 Å². The van der Waals surface area contributed by atoms with Gasteiger partial charge in [0.1, 0.15) is 5.75 Å². The van der Waals surface area contributed by atoms with E-state index in [-0.39, 0.29) is 5.75 Å². The number of benzene rings is 1. The van der Waals surface area contributed by atoms with E-state index >= 15 is 0 Å². The van der Waals surface area contributed by atoms with Gasteiger partial charge in [-0.2, -0.15) is 0 Å². The van der Waals surface area contributed by atoms with Gasteiger partial charge in [0.15, 0.2) is 5.96 Å². The molecule has 2 aromatic rings. The SMILES string of the molecule is CN=C(NCCc1ccc(OC(F)(F)F)cc1)N1CCC(C)C(n2ccnc2)C1. The van der Waals surface area contributed by atoms with E-state index in [1.54, 1.807) is 25.4 Å². The van der Waals surface area contributed by atoms with Gasteiger partial charge in [-0.25, -0.2) is 4.98 Å². The quantitative estimate of drug-likeness (QED) is 0.607. The van der Waals surface area contributed by atoms with Gasteiger partial charge >= 0.3 is 6.36 Å². The molecule has 6 nitrogen and oxygen atoms in total. The van der Waals surface area contributed by atoms with Crippen LogP contribution in [-0.4, -0.2) is 53.5 Å². The average Bonchev–Trinajstić information content (AvgIpc) is 3.21. The number of ether oxygens (including phenoxy) is 1. The van der Waals surface area contributed by atoms with Crippen molar-refractivity contribution in [3.8, 4) is 5.75 Å². The van der Waals surface area contributed by atoms with Crippen LogP contribution in [0.15, 0.2) is 48.0 Å². The molecule has 1 aliphatic heterocycles. The zero-order valence-electron chi connectivity index (χ0n) is 16.6. The molecule has 1 fully saturated rings. The molecule has 0 amide bonds. The molecule has 0 spiro atoms. The molecule has 1 aromatic heterocycles.